The molecule has 4 heteroatoms. The van der Waals surface area contributed by atoms with Crippen molar-refractivity contribution in [2.45, 2.75) is 20.3 Å². The fraction of sp³-hybridized carbons (Fsp3) is 0.211. The number of anilines is 1. The topological polar surface area (TPSA) is 48.1 Å². The fourth-order valence-electron chi connectivity index (χ4n) is 2.53. The van der Waals surface area contributed by atoms with Gasteiger partial charge in [0, 0.05) is 22.5 Å². The van der Waals surface area contributed by atoms with Crippen LogP contribution in [0, 0.1) is 6.92 Å². The van der Waals surface area contributed by atoms with Crippen molar-refractivity contribution in [2.75, 3.05) is 12.3 Å². The second-order valence-electron chi connectivity index (χ2n) is 5.36. The summed E-state index contributed by atoms with van der Waals surface area (Å²) in [6, 6.07) is 16.1. The van der Waals surface area contributed by atoms with E-state index in [9.17, 15) is 0 Å². The minimum Gasteiger partial charge on any atom is -0.493 e. The molecule has 0 unspecified atom stereocenters. The molecule has 0 aliphatic carbocycles. The molecule has 2 aromatic carbocycles. The maximum absolute atomic E-state index is 5.74. The third-order valence-electron chi connectivity index (χ3n) is 3.62. The number of thiazole rings is 1. The van der Waals surface area contributed by atoms with Gasteiger partial charge in [0.2, 0.25) is 0 Å². The van der Waals surface area contributed by atoms with E-state index in [1.807, 2.05) is 37.3 Å². The van der Waals surface area contributed by atoms with Crippen LogP contribution in [0.4, 0.5) is 5.69 Å². The van der Waals surface area contributed by atoms with Gasteiger partial charge in [0.1, 0.15) is 5.75 Å². The molecular formula is C19H20N2OS. The number of nitrogens with zero attached hydrogens (tertiary/aromatic N) is 1. The zero-order valence-corrected chi connectivity index (χ0v) is 14.2. The molecule has 3 nitrogen and oxygen atoms in total. The van der Waals surface area contributed by atoms with Crippen LogP contribution in [0.1, 0.15) is 22.4 Å². The highest BCUT2D eigenvalue weighted by Gasteiger charge is 2.14. The lowest BCUT2D eigenvalue weighted by atomic mass is 10.1. The maximum atomic E-state index is 5.74. The lowest BCUT2D eigenvalue weighted by Gasteiger charge is -2.08. The summed E-state index contributed by atoms with van der Waals surface area (Å²) in [4.78, 5) is 6.06. The Kier molecular flexibility index (Phi) is 4.63. The van der Waals surface area contributed by atoms with Crippen molar-refractivity contribution < 1.29 is 4.74 Å². The summed E-state index contributed by atoms with van der Waals surface area (Å²) in [5, 5.41) is 1.11. The van der Waals surface area contributed by atoms with Gasteiger partial charge in [-0.2, -0.15) is 0 Å². The van der Waals surface area contributed by atoms with Crippen molar-refractivity contribution in [3.8, 4) is 17.0 Å². The first-order valence-electron chi connectivity index (χ1n) is 7.70. The first-order chi connectivity index (χ1) is 11.2. The summed E-state index contributed by atoms with van der Waals surface area (Å²) in [5.41, 5.74) is 9.83. The molecule has 0 bridgehead atoms. The van der Waals surface area contributed by atoms with Crippen molar-refractivity contribution in [3.63, 3.8) is 0 Å². The van der Waals surface area contributed by atoms with E-state index in [4.69, 9.17) is 15.5 Å². The third-order valence-corrected chi connectivity index (χ3v) is 4.59. The highest BCUT2D eigenvalue weighted by Crippen LogP contribution is 2.34. The van der Waals surface area contributed by atoms with Crippen molar-refractivity contribution in [2.24, 2.45) is 0 Å². The average Bonchev–Trinajstić information content (AvgIpc) is 2.91. The summed E-state index contributed by atoms with van der Waals surface area (Å²) in [6.45, 7) is 4.76. The first-order valence-corrected chi connectivity index (χ1v) is 8.52. The second-order valence-corrected chi connectivity index (χ2v) is 6.65. The number of para-hydroxylation sites is 1. The number of hydrogen-bond donors (Lipinski definition) is 1. The van der Waals surface area contributed by atoms with Crippen LogP contribution in [0.15, 0.2) is 48.5 Å². The number of nitrogens with two attached hydrogens (primary N) is 1. The molecule has 0 aliphatic heterocycles. The molecule has 1 aromatic heterocycles. The Bertz CT molecular complexity index is 793. The van der Waals surface area contributed by atoms with E-state index in [2.05, 4.69) is 25.1 Å². The van der Waals surface area contributed by atoms with Gasteiger partial charge in [-0.25, -0.2) is 4.98 Å². The van der Waals surface area contributed by atoms with Crippen LogP contribution in [0.5, 0.6) is 5.75 Å². The number of hydrogen-bond acceptors (Lipinski definition) is 4. The number of aryl methyl sites for hydroxylation is 1. The lowest BCUT2D eigenvalue weighted by molar-refractivity contribution is 0.341. The van der Waals surface area contributed by atoms with Gasteiger partial charge in [-0.05, 0) is 43.7 Å². The largest absolute Gasteiger partial charge is 0.493 e. The van der Waals surface area contributed by atoms with Crippen LogP contribution < -0.4 is 10.5 Å². The van der Waals surface area contributed by atoms with Gasteiger partial charge < -0.3 is 10.5 Å². The lowest BCUT2D eigenvalue weighted by Crippen LogP contribution is -1.95. The van der Waals surface area contributed by atoms with Crippen molar-refractivity contribution in [1.29, 1.82) is 0 Å². The maximum Gasteiger partial charge on any atom is 0.128 e. The van der Waals surface area contributed by atoms with Gasteiger partial charge in [0.05, 0.1) is 17.3 Å². The van der Waals surface area contributed by atoms with E-state index < -0.39 is 0 Å². The molecule has 23 heavy (non-hydrogen) atoms. The molecular weight excluding hydrogens is 304 g/mol. The Morgan fingerprint density at radius 3 is 2.57 bits per heavy atom. The van der Waals surface area contributed by atoms with Crippen molar-refractivity contribution >= 4 is 17.0 Å². The van der Waals surface area contributed by atoms with Gasteiger partial charge in [-0.1, -0.05) is 24.3 Å². The number of aromatic nitrogens is 1. The number of nitrogen functional groups attached to an aromatic ring is 1. The van der Waals surface area contributed by atoms with E-state index in [0.29, 0.717) is 6.61 Å². The van der Waals surface area contributed by atoms with Gasteiger partial charge in [0.25, 0.3) is 0 Å². The molecule has 3 aromatic rings. The third kappa shape index (κ3) is 3.54. The predicted molar refractivity (Wildman–Crippen MR) is 97.1 cm³/mol. The highest BCUT2D eigenvalue weighted by atomic mass is 32.1. The first kappa shape index (κ1) is 15.6. The minimum atomic E-state index is 0.651. The van der Waals surface area contributed by atoms with Gasteiger partial charge in [-0.15, -0.1) is 11.3 Å². The number of ether oxygens (including phenoxy) is 1. The Balaban J connectivity index is 1.91. The van der Waals surface area contributed by atoms with Gasteiger partial charge in [0.15, 0.2) is 0 Å². The van der Waals surface area contributed by atoms with Crippen LogP contribution in [0.3, 0.4) is 0 Å². The molecule has 0 fully saturated rings. The molecule has 0 spiro atoms. The smallest absolute Gasteiger partial charge is 0.128 e. The predicted octanol–water partition coefficient (Wildman–Crippen LogP) is 4.69. The monoisotopic (exact) mass is 324 g/mol. The van der Waals surface area contributed by atoms with E-state index in [0.717, 1.165) is 34.1 Å². The van der Waals surface area contributed by atoms with Gasteiger partial charge >= 0.3 is 0 Å². The van der Waals surface area contributed by atoms with Crippen LogP contribution >= 0.6 is 11.3 Å². The average molecular weight is 324 g/mol. The van der Waals surface area contributed by atoms with Crippen molar-refractivity contribution in [1.82, 2.24) is 4.98 Å². The van der Waals surface area contributed by atoms with Crippen molar-refractivity contribution in [3.05, 3.63) is 64.0 Å². The molecule has 3 rings (SSSR count). The van der Waals surface area contributed by atoms with Crippen LogP contribution in [0.25, 0.3) is 11.3 Å². The minimum absolute atomic E-state index is 0.651. The molecule has 0 aliphatic rings. The molecule has 0 amide bonds. The molecule has 0 saturated heterocycles. The fourth-order valence-corrected chi connectivity index (χ4v) is 3.51. The van der Waals surface area contributed by atoms with E-state index in [-0.39, 0.29) is 0 Å². The van der Waals surface area contributed by atoms with E-state index in [1.54, 1.807) is 11.3 Å². The summed E-state index contributed by atoms with van der Waals surface area (Å²) >= 11 is 1.74. The molecule has 0 atom stereocenters. The number of benzene rings is 2. The SMILES string of the molecule is CCOc1ccccc1-c1nc(Cc2ccc(N)cc2)sc1C. The van der Waals surface area contributed by atoms with E-state index in [1.165, 1.54) is 10.4 Å². The zero-order valence-electron chi connectivity index (χ0n) is 13.4. The zero-order chi connectivity index (χ0) is 16.2. The molecule has 118 valence electrons. The summed E-state index contributed by atoms with van der Waals surface area (Å²) in [7, 11) is 0. The summed E-state index contributed by atoms with van der Waals surface area (Å²) in [6.07, 6.45) is 0.822. The standard InChI is InChI=1S/C19H20N2OS/c1-3-22-17-7-5-4-6-16(17)19-13(2)23-18(21-19)12-14-8-10-15(20)11-9-14/h4-11H,3,12,20H2,1-2H3. The van der Waals surface area contributed by atoms with Crippen LogP contribution in [0.2, 0.25) is 0 Å². The van der Waals surface area contributed by atoms with Gasteiger partial charge in [-0.3, -0.25) is 0 Å². The quantitative estimate of drug-likeness (QED) is 0.693. The molecule has 2 N–H and O–H groups in total. The normalized spacial score (nSPS) is 10.7. The number of rotatable bonds is 5. The highest BCUT2D eigenvalue weighted by molar-refractivity contribution is 7.12. The summed E-state index contributed by atoms with van der Waals surface area (Å²) < 4.78 is 5.74. The Hall–Kier alpha value is -2.33. The molecule has 1 heterocycles. The summed E-state index contributed by atoms with van der Waals surface area (Å²) in [5.74, 6) is 0.891. The molecule has 0 saturated carbocycles. The van der Waals surface area contributed by atoms with E-state index >= 15 is 0 Å². The molecule has 0 radical (unpaired) electrons. The Morgan fingerprint density at radius 1 is 1.09 bits per heavy atom. The van der Waals surface area contributed by atoms with Crippen LogP contribution in [-0.2, 0) is 6.42 Å². The van der Waals surface area contributed by atoms with Crippen LogP contribution in [-0.4, -0.2) is 11.6 Å². The Morgan fingerprint density at radius 2 is 1.83 bits per heavy atom. The second kappa shape index (κ2) is 6.84. The Labute approximate surface area is 140 Å².